The topological polar surface area (TPSA) is 66.6 Å². The number of hydrogen-bond acceptors (Lipinski definition) is 4. The van der Waals surface area contributed by atoms with Crippen molar-refractivity contribution in [3.05, 3.63) is 23.5 Å². The maximum atomic E-state index is 13.7. The van der Waals surface area contributed by atoms with Gasteiger partial charge >= 0.3 is 0 Å². The van der Waals surface area contributed by atoms with Crippen molar-refractivity contribution < 1.29 is 12.8 Å². The van der Waals surface area contributed by atoms with Gasteiger partial charge in [0, 0.05) is 43.5 Å². The van der Waals surface area contributed by atoms with E-state index in [1.807, 2.05) is 0 Å². The second-order valence-corrected chi connectivity index (χ2v) is 7.59. The Balaban J connectivity index is 2.24. The molecule has 2 N–H and O–H groups in total. The van der Waals surface area contributed by atoms with Crippen molar-refractivity contribution in [1.29, 1.82) is 0 Å². The summed E-state index contributed by atoms with van der Waals surface area (Å²) >= 11 is 0. The fourth-order valence-electron chi connectivity index (χ4n) is 2.43. The van der Waals surface area contributed by atoms with E-state index in [9.17, 15) is 12.8 Å². The standard InChI is InChI=1S/C14H22FN3O2S/c1-10(2)17-4-6-18(7-5-17)21(19,20)12-8-13(15)11(3)14(16)9-12/h8-10H,4-7,16H2,1-3H3. The van der Waals surface area contributed by atoms with Gasteiger partial charge in [0.1, 0.15) is 5.82 Å². The average molecular weight is 315 g/mol. The molecule has 1 fully saturated rings. The van der Waals surface area contributed by atoms with Crippen LogP contribution in [0.25, 0.3) is 0 Å². The molecule has 0 atom stereocenters. The molecule has 0 radical (unpaired) electrons. The number of halogens is 1. The fourth-order valence-corrected chi connectivity index (χ4v) is 3.90. The van der Waals surface area contributed by atoms with Crippen LogP contribution in [0.2, 0.25) is 0 Å². The third-order valence-corrected chi connectivity index (χ3v) is 5.88. The van der Waals surface area contributed by atoms with Gasteiger partial charge in [-0.3, -0.25) is 4.90 Å². The van der Waals surface area contributed by atoms with Gasteiger partial charge in [-0.2, -0.15) is 4.31 Å². The van der Waals surface area contributed by atoms with E-state index < -0.39 is 15.8 Å². The fraction of sp³-hybridized carbons (Fsp3) is 0.571. The molecule has 1 aromatic rings. The number of nitrogens with two attached hydrogens (primary N) is 1. The van der Waals surface area contributed by atoms with E-state index in [2.05, 4.69) is 18.7 Å². The zero-order valence-corrected chi connectivity index (χ0v) is 13.5. The van der Waals surface area contributed by atoms with Gasteiger partial charge in [-0.1, -0.05) is 0 Å². The van der Waals surface area contributed by atoms with Crippen LogP contribution in [-0.2, 0) is 10.0 Å². The lowest BCUT2D eigenvalue weighted by atomic mass is 10.2. The number of nitrogens with zero attached hydrogens (tertiary/aromatic N) is 2. The molecule has 2 rings (SSSR count). The zero-order valence-electron chi connectivity index (χ0n) is 12.6. The highest BCUT2D eigenvalue weighted by Gasteiger charge is 2.30. The summed E-state index contributed by atoms with van der Waals surface area (Å²) in [6.45, 7) is 7.89. The first-order valence-electron chi connectivity index (χ1n) is 7.03. The van der Waals surface area contributed by atoms with Crippen LogP contribution < -0.4 is 5.73 Å². The van der Waals surface area contributed by atoms with Crippen molar-refractivity contribution in [3.63, 3.8) is 0 Å². The Kier molecular flexibility index (Phi) is 4.55. The lowest BCUT2D eigenvalue weighted by Gasteiger charge is -2.36. The van der Waals surface area contributed by atoms with Gasteiger partial charge in [-0.15, -0.1) is 0 Å². The van der Waals surface area contributed by atoms with Gasteiger partial charge < -0.3 is 5.73 Å². The Bertz CT molecular complexity index is 600. The van der Waals surface area contributed by atoms with Crippen LogP contribution in [0.3, 0.4) is 0 Å². The predicted octanol–water partition coefficient (Wildman–Crippen LogP) is 1.43. The molecule has 5 nitrogen and oxygen atoms in total. The molecule has 0 spiro atoms. The molecule has 7 heteroatoms. The highest BCUT2D eigenvalue weighted by molar-refractivity contribution is 7.89. The van der Waals surface area contributed by atoms with Crippen molar-refractivity contribution in [1.82, 2.24) is 9.21 Å². The Morgan fingerprint density at radius 1 is 1.19 bits per heavy atom. The highest BCUT2D eigenvalue weighted by atomic mass is 32.2. The average Bonchev–Trinajstić information content (AvgIpc) is 2.44. The van der Waals surface area contributed by atoms with Gasteiger partial charge in [-0.05, 0) is 32.9 Å². The van der Waals surface area contributed by atoms with E-state index in [0.29, 0.717) is 32.2 Å². The maximum Gasteiger partial charge on any atom is 0.243 e. The number of hydrogen-bond donors (Lipinski definition) is 1. The van der Waals surface area contributed by atoms with Crippen molar-refractivity contribution in [2.75, 3.05) is 31.9 Å². The molecule has 118 valence electrons. The Labute approximate surface area is 125 Å². The summed E-state index contributed by atoms with van der Waals surface area (Å²) in [5.74, 6) is -0.589. The van der Waals surface area contributed by atoms with E-state index in [0.717, 1.165) is 6.07 Å². The van der Waals surface area contributed by atoms with Crippen LogP contribution in [0.4, 0.5) is 10.1 Å². The molecule has 1 aliphatic rings. The molecule has 0 saturated carbocycles. The SMILES string of the molecule is Cc1c(N)cc(S(=O)(=O)N2CCN(C(C)C)CC2)cc1F. The lowest BCUT2D eigenvalue weighted by Crippen LogP contribution is -2.50. The molecule has 1 aliphatic heterocycles. The molecule has 1 aromatic carbocycles. The molecule has 0 aromatic heterocycles. The monoisotopic (exact) mass is 315 g/mol. The van der Waals surface area contributed by atoms with Crippen LogP contribution in [0, 0.1) is 12.7 Å². The number of nitrogen functional groups attached to an aromatic ring is 1. The third kappa shape index (κ3) is 3.20. The van der Waals surface area contributed by atoms with Crippen LogP contribution in [0.15, 0.2) is 17.0 Å². The summed E-state index contributed by atoms with van der Waals surface area (Å²) in [6.07, 6.45) is 0. The summed E-state index contributed by atoms with van der Waals surface area (Å²) in [5, 5.41) is 0. The van der Waals surface area contributed by atoms with Gasteiger partial charge in [0.05, 0.1) is 4.90 Å². The van der Waals surface area contributed by atoms with Gasteiger partial charge in [0.25, 0.3) is 0 Å². The predicted molar refractivity (Wildman–Crippen MR) is 81.0 cm³/mol. The van der Waals surface area contributed by atoms with E-state index >= 15 is 0 Å². The summed E-state index contributed by atoms with van der Waals surface area (Å²) in [4.78, 5) is 2.15. The molecular weight excluding hydrogens is 293 g/mol. The first-order valence-corrected chi connectivity index (χ1v) is 8.47. The van der Waals surface area contributed by atoms with Crippen LogP contribution >= 0.6 is 0 Å². The molecule has 1 saturated heterocycles. The molecule has 21 heavy (non-hydrogen) atoms. The smallest absolute Gasteiger partial charge is 0.243 e. The molecule has 1 heterocycles. The van der Waals surface area contributed by atoms with Crippen molar-refractivity contribution in [2.24, 2.45) is 0 Å². The third-order valence-electron chi connectivity index (χ3n) is 4.00. The molecule has 0 bridgehead atoms. The molecule has 0 aliphatic carbocycles. The Morgan fingerprint density at radius 2 is 1.76 bits per heavy atom. The van der Waals surface area contributed by atoms with Gasteiger partial charge in [-0.25, -0.2) is 12.8 Å². The number of benzene rings is 1. The Morgan fingerprint density at radius 3 is 2.24 bits per heavy atom. The number of sulfonamides is 1. The van der Waals surface area contributed by atoms with Crippen molar-refractivity contribution in [3.8, 4) is 0 Å². The first-order chi connectivity index (χ1) is 9.73. The van der Waals surface area contributed by atoms with E-state index in [1.165, 1.54) is 17.3 Å². The largest absolute Gasteiger partial charge is 0.398 e. The van der Waals surface area contributed by atoms with E-state index in [-0.39, 0.29) is 16.1 Å². The summed E-state index contributed by atoms with van der Waals surface area (Å²) < 4.78 is 40.3. The number of anilines is 1. The lowest BCUT2D eigenvalue weighted by molar-refractivity contribution is 0.154. The Hall–Kier alpha value is -1.18. The van der Waals surface area contributed by atoms with E-state index in [1.54, 1.807) is 0 Å². The highest BCUT2D eigenvalue weighted by Crippen LogP contribution is 2.24. The van der Waals surface area contributed by atoms with Crippen LogP contribution in [-0.4, -0.2) is 49.8 Å². The molecule has 0 amide bonds. The van der Waals surface area contributed by atoms with Gasteiger partial charge in [0.15, 0.2) is 0 Å². The minimum Gasteiger partial charge on any atom is -0.398 e. The minimum absolute atomic E-state index is 0.0684. The quantitative estimate of drug-likeness (QED) is 0.857. The number of rotatable bonds is 3. The summed E-state index contributed by atoms with van der Waals surface area (Å²) in [6, 6.07) is 2.78. The van der Waals surface area contributed by atoms with Crippen LogP contribution in [0.1, 0.15) is 19.4 Å². The summed E-state index contributed by atoms with van der Waals surface area (Å²) in [5.41, 5.74) is 6.12. The molecular formula is C14H22FN3O2S. The van der Waals surface area contributed by atoms with E-state index in [4.69, 9.17) is 5.73 Å². The van der Waals surface area contributed by atoms with Crippen molar-refractivity contribution in [2.45, 2.75) is 31.7 Å². The molecule has 0 unspecified atom stereocenters. The minimum atomic E-state index is -3.69. The normalized spacial score (nSPS) is 18.3. The van der Waals surface area contributed by atoms with Crippen LogP contribution in [0.5, 0.6) is 0 Å². The first kappa shape index (κ1) is 16.2. The zero-order chi connectivity index (χ0) is 15.8. The van der Waals surface area contributed by atoms with Crippen molar-refractivity contribution >= 4 is 15.7 Å². The summed E-state index contributed by atoms with van der Waals surface area (Å²) in [7, 11) is -3.69. The maximum absolute atomic E-state index is 13.7. The second-order valence-electron chi connectivity index (χ2n) is 5.65. The van der Waals surface area contributed by atoms with Gasteiger partial charge in [0.2, 0.25) is 10.0 Å². The number of piperazine rings is 1. The second kappa shape index (κ2) is 5.90.